The lowest BCUT2D eigenvalue weighted by molar-refractivity contribution is -0.131. The van der Waals surface area contributed by atoms with Crippen molar-refractivity contribution in [3.05, 3.63) is 46.2 Å². The van der Waals surface area contributed by atoms with Crippen LogP contribution in [0.5, 0.6) is 0 Å². The third-order valence-corrected chi connectivity index (χ3v) is 5.09. The Balaban J connectivity index is 1.52. The van der Waals surface area contributed by atoms with Crippen molar-refractivity contribution >= 4 is 17.9 Å². The van der Waals surface area contributed by atoms with E-state index in [-0.39, 0.29) is 31.0 Å². The summed E-state index contributed by atoms with van der Waals surface area (Å²) in [4.78, 5) is 27.4. The van der Waals surface area contributed by atoms with Gasteiger partial charge < -0.3 is 14.2 Å². The molecule has 0 bridgehead atoms. The first-order valence-electron chi connectivity index (χ1n) is 9.30. The Morgan fingerprint density at radius 2 is 2.03 bits per heavy atom. The Morgan fingerprint density at radius 3 is 2.77 bits per heavy atom. The first-order chi connectivity index (χ1) is 14.3. The van der Waals surface area contributed by atoms with Crippen molar-refractivity contribution in [1.29, 1.82) is 0 Å². The number of alkyl halides is 2. The van der Waals surface area contributed by atoms with Crippen LogP contribution in [-0.4, -0.2) is 41.8 Å². The molecule has 7 nitrogen and oxygen atoms in total. The van der Waals surface area contributed by atoms with Crippen LogP contribution in [0, 0.1) is 11.6 Å². The molecule has 0 radical (unpaired) electrons. The van der Waals surface area contributed by atoms with Crippen molar-refractivity contribution in [3.63, 3.8) is 0 Å². The monoisotopic (exact) mass is 427 g/mol. The number of cyclic esters (lactones) is 1. The normalized spacial score (nSPS) is 16.6. The molecule has 1 saturated heterocycles. The van der Waals surface area contributed by atoms with Gasteiger partial charge in [0.05, 0.1) is 36.4 Å². The molecule has 1 fully saturated rings. The van der Waals surface area contributed by atoms with E-state index in [1.54, 1.807) is 0 Å². The standard InChI is InChI=1S/C19H17F4N3O4/c20-13-7-10(6-11(16(13)21)17(22)23)8-15(27)25-4-2-14-12(9-25)18(30-24-14)26-3-1-5-29-19(26)28/h6-7,17H,1-5,8-9H2. The van der Waals surface area contributed by atoms with Crippen molar-refractivity contribution in [2.75, 3.05) is 24.6 Å². The van der Waals surface area contributed by atoms with Crippen LogP contribution in [0.15, 0.2) is 16.7 Å². The highest BCUT2D eigenvalue weighted by Crippen LogP contribution is 2.31. The first-order valence-corrected chi connectivity index (χ1v) is 9.30. The van der Waals surface area contributed by atoms with Gasteiger partial charge in [-0.15, -0.1) is 0 Å². The predicted octanol–water partition coefficient (Wildman–Crippen LogP) is 3.36. The minimum absolute atomic E-state index is 0.0508. The van der Waals surface area contributed by atoms with Crippen molar-refractivity contribution in [1.82, 2.24) is 10.1 Å². The number of halogens is 4. The molecule has 0 spiro atoms. The van der Waals surface area contributed by atoms with Crippen LogP contribution in [0.1, 0.15) is 35.2 Å². The Kier molecular flexibility index (Phi) is 5.35. The number of hydrogen-bond acceptors (Lipinski definition) is 5. The van der Waals surface area contributed by atoms with Gasteiger partial charge in [0.2, 0.25) is 11.8 Å². The van der Waals surface area contributed by atoms with E-state index in [9.17, 15) is 27.2 Å². The molecule has 11 heteroatoms. The quantitative estimate of drug-likeness (QED) is 0.700. The van der Waals surface area contributed by atoms with Crippen molar-refractivity contribution in [2.24, 2.45) is 0 Å². The molecule has 2 aliphatic rings. The van der Waals surface area contributed by atoms with E-state index in [4.69, 9.17) is 9.26 Å². The van der Waals surface area contributed by atoms with Gasteiger partial charge in [-0.3, -0.25) is 4.79 Å². The van der Waals surface area contributed by atoms with Crippen LogP contribution in [-0.2, 0) is 28.9 Å². The molecule has 160 valence electrons. The van der Waals surface area contributed by atoms with E-state index in [2.05, 4.69) is 5.16 Å². The Morgan fingerprint density at radius 1 is 1.23 bits per heavy atom. The molecule has 2 aromatic rings. The summed E-state index contributed by atoms with van der Waals surface area (Å²) in [5, 5.41) is 3.96. The molecule has 0 aliphatic carbocycles. The number of hydrogen-bond donors (Lipinski definition) is 0. The number of carbonyl (C=O) groups is 2. The molecule has 0 atom stereocenters. The minimum Gasteiger partial charge on any atom is -0.449 e. The number of benzene rings is 1. The van der Waals surface area contributed by atoms with E-state index >= 15 is 0 Å². The van der Waals surface area contributed by atoms with Crippen molar-refractivity contribution in [3.8, 4) is 0 Å². The molecule has 0 saturated carbocycles. The number of fused-ring (bicyclic) bond motifs is 1. The first kappa shape index (κ1) is 20.2. The molecular weight excluding hydrogens is 410 g/mol. The van der Waals surface area contributed by atoms with Crippen LogP contribution in [0.3, 0.4) is 0 Å². The highest BCUT2D eigenvalue weighted by Gasteiger charge is 2.33. The number of carbonyl (C=O) groups excluding carboxylic acids is 2. The van der Waals surface area contributed by atoms with Crippen molar-refractivity contribution in [2.45, 2.75) is 32.2 Å². The SMILES string of the molecule is O=C(Cc1cc(F)c(F)c(C(F)F)c1)N1CCc2noc(N3CCCOC3=O)c2C1. The summed E-state index contributed by atoms with van der Waals surface area (Å²) in [6.45, 7) is 1.07. The average molecular weight is 427 g/mol. The van der Waals surface area contributed by atoms with Gasteiger partial charge in [0.15, 0.2) is 11.6 Å². The Hall–Kier alpha value is -3.11. The number of aromatic nitrogens is 1. The van der Waals surface area contributed by atoms with Crippen LogP contribution in [0.2, 0.25) is 0 Å². The zero-order valence-electron chi connectivity index (χ0n) is 15.7. The second-order valence-electron chi connectivity index (χ2n) is 7.06. The summed E-state index contributed by atoms with van der Waals surface area (Å²) in [5.74, 6) is -3.30. The molecule has 4 rings (SSSR count). The summed E-state index contributed by atoms with van der Waals surface area (Å²) in [6, 6.07) is 1.54. The summed E-state index contributed by atoms with van der Waals surface area (Å²) < 4.78 is 63.2. The van der Waals surface area contributed by atoms with E-state index in [1.165, 1.54) is 9.80 Å². The Labute approximate surface area is 168 Å². The summed E-state index contributed by atoms with van der Waals surface area (Å²) >= 11 is 0. The largest absolute Gasteiger partial charge is 0.449 e. The number of rotatable bonds is 4. The summed E-state index contributed by atoms with van der Waals surface area (Å²) in [6.07, 6.45) is -3.15. The molecule has 3 heterocycles. The number of nitrogens with zero attached hydrogens (tertiary/aromatic N) is 3. The van der Waals surface area contributed by atoms with Gasteiger partial charge in [0.1, 0.15) is 0 Å². The predicted molar refractivity (Wildman–Crippen MR) is 94.0 cm³/mol. The summed E-state index contributed by atoms with van der Waals surface area (Å²) in [5.41, 5.74) is 0.0426. The lowest BCUT2D eigenvalue weighted by Gasteiger charge is -2.29. The van der Waals surface area contributed by atoms with Gasteiger partial charge in [0, 0.05) is 19.5 Å². The topological polar surface area (TPSA) is 75.9 Å². The fourth-order valence-electron chi connectivity index (χ4n) is 3.58. The molecule has 1 aromatic heterocycles. The van der Waals surface area contributed by atoms with Crippen LogP contribution in [0.4, 0.5) is 28.2 Å². The fraction of sp³-hybridized carbons (Fsp3) is 0.421. The van der Waals surface area contributed by atoms with Crippen LogP contribution < -0.4 is 4.90 Å². The van der Waals surface area contributed by atoms with Gasteiger partial charge in [-0.2, -0.15) is 0 Å². The maximum Gasteiger partial charge on any atom is 0.416 e. The van der Waals surface area contributed by atoms with Gasteiger partial charge in [-0.25, -0.2) is 27.3 Å². The smallest absolute Gasteiger partial charge is 0.416 e. The third kappa shape index (κ3) is 3.71. The van der Waals surface area contributed by atoms with Crippen LogP contribution in [0.25, 0.3) is 0 Å². The minimum atomic E-state index is -3.20. The molecule has 0 unspecified atom stereocenters. The maximum absolute atomic E-state index is 13.6. The second kappa shape index (κ2) is 7.96. The number of ether oxygens (including phenoxy) is 1. The highest BCUT2D eigenvalue weighted by atomic mass is 19.3. The van der Waals surface area contributed by atoms with E-state index in [0.717, 1.165) is 12.1 Å². The highest BCUT2D eigenvalue weighted by molar-refractivity contribution is 5.87. The molecule has 1 aromatic carbocycles. The lowest BCUT2D eigenvalue weighted by Crippen LogP contribution is -2.40. The number of amides is 2. The van der Waals surface area contributed by atoms with E-state index in [1.807, 2.05) is 0 Å². The summed E-state index contributed by atoms with van der Waals surface area (Å²) in [7, 11) is 0. The van der Waals surface area contributed by atoms with Gasteiger partial charge in [-0.1, -0.05) is 5.16 Å². The fourth-order valence-corrected chi connectivity index (χ4v) is 3.58. The van der Waals surface area contributed by atoms with E-state index in [0.29, 0.717) is 37.3 Å². The van der Waals surface area contributed by atoms with Crippen molar-refractivity contribution < 1.29 is 36.4 Å². The molecule has 2 amide bonds. The lowest BCUT2D eigenvalue weighted by atomic mass is 10.0. The van der Waals surface area contributed by atoms with E-state index < -0.39 is 35.6 Å². The Bertz CT molecular complexity index is 994. The second-order valence-corrected chi connectivity index (χ2v) is 7.06. The van der Waals surface area contributed by atoms with Gasteiger partial charge in [0.25, 0.3) is 6.43 Å². The van der Waals surface area contributed by atoms with Gasteiger partial charge >= 0.3 is 6.09 Å². The molecular formula is C19H17F4N3O4. The average Bonchev–Trinajstić information content (AvgIpc) is 3.13. The zero-order chi connectivity index (χ0) is 21.4. The molecule has 2 aliphatic heterocycles. The molecule has 0 N–H and O–H groups in total. The van der Waals surface area contributed by atoms with Gasteiger partial charge in [-0.05, 0) is 24.1 Å². The third-order valence-electron chi connectivity index (χ3n) is 5.09. The molecule has 30 heavy (non-hydrogen) atoms. The van der Waals surface area contributed by atoms with Crippen LogP contribution >= 0.6 is 0 Å². The number of anilines is 1. The zero-order valence-corrected chi connectivity index (χ0v) is 15.7. The maximum atomic E-state index is 13.6.